The number of thioether (sulfide) groups is 1. The fourth-order valence-corrected chi connectivity index (χ4v) is 5.39. The number of anilines is 1. The number of nitrogens with zero attached hydrogens (tertiary/aromatic N) is 2. The van der Waals surface area contributed by atoms with Crippen molar-refractivity contribution in [3.05, 3.63) is 65.5 Å². The average Bonchev–Trinajstić information content (AvgIpc) is 2.94. The lowest BCUT2D eigenvalue weighted by atomic mass is 10.1. The van der Waals surface area contributed by atoms with Crippen LogP contribution in [0.4, 0.5) is 28.0 Å². The van der Waals surface area contributed by atoms with E-state index in [1.54, 1.807) is 36.9 Å². The molecule has 1 aliphatic heterocycles. The number of alkyl halides is 3. The number of nitrogens with one attached hydrogen (secondary N) is 1. The predicted molar refractivity (Wildman–Crippen MR) is 119 cm³/mol. The minimum Gasteiger partial charge on any atom is -0.333 e. The van der Waals surface area contributed by atoms with Crippen LogP contribution in [0.2, 0.25) is 0 Å². The Morgan fingerprint density at radius 3 is 2.59 bits per heavy atom. The Labute approximate surface area is 192 Å². The molecule has 0 radical (unpaired) electrons. The molecular formula is C21H21F4N3O2S2. The molecular weight excluding hydrogens is 466 g/mol. The van der Waals surface area contributed by atoms with Crippen molar-refractivity contribution in [3.8, 4) is 0 Å². The van der Waals surface area contributed by atoms with Crippen LogP contribution in [0.1, 0.15) is 25.0 Å². The van der Waals surface area contributed by atoms with Crippen molar-refractivity contribution in [2.75, 3.05) is 11.9 Å². The highest BCUT2D eigenvalue weighted by Gasteiger charge is 2.49. The second-order valence-electron chi connectivity index (χ2n) is 7.73. The molecule has 2 N–H and O–H groups in total. The van der Waals surface area contributed by atoms with E-state index in [0.29, 0.717) is 14.9 Å². The molecule has 1 fully saturated rings. The number of amides is 2. The molecule has 2 aromatic carbocycles. The van der Waals surface area contributed by atoms with Gasteiger partial charge >= 0.3 is 12.2 Å². The Morgan fingerprint density at radius 1 is 1.25 bits per heavy atom. The Morgan fingerprint density at radius 2 is 1.94 bits per heavy atom. The van der Waals surface area contributed by atoms with E-state index in [-0.39, 0.29) is 24.5 Å². The molecule has 3 rings (SSSR count). The summed E-state index contributed by atoms with van der Waals surface area (Å²) in [6.45, 7) is 3.78. The normalized spacial score (nSPS) is 18.0. The van der Waals surface area contributed by atoms with Crippen LogP contribution in [-0.2, 0) is 12.6 Å². The standard InChI is InChI=1S/C21H21F4N3O2S2/c1-20(2)17(27(19(31)32-20)11-10-13-6-3-4-9-16(13)22)28(30)18(29)26-15-8-5-7-14(12-15)21(23,24)25/h3-9,12,17,30H,10-11H2,1-2H3,(H,26,29). The molecule has 0 bridgehead atoms. The summed E-state index contributed by atoms with van der Waals surface area (Å²) in [5.41, 5.74) is -0.585. The Balaban J connectivity index is 1.77. The topological polar surface area (TPSA) is 55.8 Å². The molecule has 32 heavy (non-hydrogen) atoms. The quantitative estimate of drug-likeness (QED) is 0.244. The molecule has 5 nitrogen and oxygen atoms in total. The summed E-state index contributed by atoms with van der Waals surface area (Å²) in [7, 11) is 0. The minimum atomic E-state index is -4.57. The van der Waals surface area contributed by atoms with Crippen molar-refractivity contribution in [1.82, 2.24) is 9.96 Å². The largest absolute Gasteiger partial charge is 0.416 e. The molecule has 0 aliphatic carbocycles. The van der Waals surface area contributed by atoms with E-state index in [4.69, 9.17) is 12.2 Å². The number of rotatable bonds is 5. The first-order valence-electron chi connectivity index (χ1n) is 9.59. The van der Waals surface area contributed by atoms with Crippen LogP contribution in [-0.4, -0.2) is 43.0 Å². The van der Waals surface area contributed by atoms with Gasteiger partial charge in [-0.05, 0) is 50.1 Å². The third-order valence-electron chi connectivity index (χ3n) is 4.96. The smallest absolute Gasteiger partial charge is 0.333 e. The van der Waals surface area contributed by atoms with Crippen LogP contribution in [0.15, 0.2) is 48.5 Å². The van der Waals surface area contributed by atoms with E-state index in [1.807, 2.05) is 0 Å². The van der Waals surface area contributed by atoms with Crippen molar-refractivity contribution >= 4 is 40.0 Å². The summed E-state index contributed by atoms with van der Waals surface area (Å²) in [5, 5.41) is 13.4. The lowest BCUT2D eigenvalue weighted by molar-refractivity contribution is -0.137. The molecule has 1 aliphatic rings. The van der Waals surface area contributed by atoms with Crippen LogP contribution in [0.3, 0.4) is 0 Å². The summed E-state index contributed by atoms with van der Waals surface area (Å²) < 4.78 is 52.5. The summed E-state index contributed by atoms with van der Waals surface area (Å²) in [6, 6.07) is 9.36. The van der Waals surface area contributed by atoms with Gasteiger partial charge < -0.3 is 10.2 Å². The highest BCUT2D eigenvalue weighted by molar-refractivity contribution is 8.24. The van der Waals surface area contributed by atoms with Gasteiger partial charge in [0.2, 0.25) is 0 Å². The van der Waals surface area contributed by atoms with E-state index in [9.17, 15) is 27.6 Å². The maximum absolute atomic E-state index is 14.0. The zero-order chi connectivity index (χ0) is 23.7. The van der Waals surface area contributed by atoms with Crippen molar-refractivity contribution < 1.29 is 27.6 Å². The lowest BCUT2D eigenvalue weighted by Gasteiger charge is -2.37. The van der Waals surface area contributed by atoms with E-state index in [2.05, 4.69) is 5.32 Å². The van der Waals surface area contributed by atoms with Gasteiger partial charge in [0.05, 0.1) is 10.3 Å². The molecule has 2 aromatic rings. The average molecular weight is 488 g/mol. The van der Waals surface area contributed by atoms with Crippen molar-refractivity contribution in [3.63, 3.8) is 0 Å². The number of carbonyl (C=O) groups is 1. The molecule has 172 valence electrons. The summed E-state index contributed by atoms with van der Waals surface area (Å²) >= 11 is 6.68. The minimum absolute atomic E-state index is 0.118. The van der Waals surface area contributed by atoms with Gasteiger partial charge in [0.1, 0.15) is 16.3 Å². The van der Waals surface area contributed by atoms with Gasteiger partial charge in [-0.1, -0.05) is 48.2 Å². The SMILES string of the molecule is CC1(C)SC(=S)N(CCc2ccccc2F)C1N(O)C(=O)Nc1cccc(C(F)(F)F)c1. The summed E-state index contributed by atoms with van der Waals surface area (Å²) in [4.78, 5) is 14.3. The molecule has 1 heterocycles. The fourth-order valence-electron chi connectivity index (χ4n) is 3.46. The highest BCUT2D eigenvalue weighted by Crippen LogP contribution is 2.42. The Bertz CT molecular complexity index is 1020. The summed E-state index contributed by atoms with van der Waals surface area (Å²) in [5.74, 6) is -0.371. The van der Waals surface area contributed by atoms with Crippen LogP contribution in [0.5, 0.6) is 0 Å². The van der Waals surface area contributed by atoms with E-state index >= 15 is 0 Å². The molecule has 0 spiro atoms. The number of hydrogen-bond acceptors (Lipinski definition) is 4. The number of thiocarbonyl (C=S) groups is 1. The molecule has 1 atom stereocenters. The molecule has 0 aromatic heterocycles. The van der Waals surface area contributed by atoms with Crippen molar-refractivity contribution in [2.45, 2.75) is 37.4 Å². The van der Waals surface area contributed by atoms with Crippen molar-refractivity contribution in [1.29, 1.82) is 0 Å². The monoisotopic (exact) mass is 487 g/mol. The van der Waals surface area contributed by atoms with Gasteiger partial charge in [0, 0.05) is 12.2 Å². The van der Waals surface area contributed by atoms with E-state index in [1.165, 1.54) is 23.9 Å². The third-order valence-corrected chi connectivity index (χ3v) is 6.59. The number of urea groups is 1. The van der Waals surface area contributed by atoms with Gasteiger partial charge in [-0.3, -0.25) is 5.21 Å². The predicted octanol–water partition coefficient (Wildman–Crippen LogP) is 5.75. The highest BCUT2D eigenvalue weighted by atomic mass is 32.2. The molecule has 1 unspecified atom stereocenters. The molecule has 2 amide bonds. The zero-order valence-electron chi connectivity index (χ0n) is 17.2. The second-order valence-corrected chi connectivity index (χ2v) is 10.0. The first-order chi connectivity index (χ1) is 14.9. The van der Waals surface area contributed by atoms with Crippen molar-refractivity contribution in [2.24, 2.45) is 0 Å². The van der Waals surface area contributed by atoms with Gasteiger partial charge in [-0.15, -0.1) is 0 Å². The maximum atomic E-state index is 14.0. The molecule has 1 saturated heterocycles. The van der Waals surface area contributed by atoms with Crippen LogP contribution in [0.25, 0.3) is 0 Å². The first-order valence-corrected chi connectivity index (χ1v) is 10.8. The van der Waals surface area contributed by atoms with Gasteiger partial charge in [0.25, 0.3) is 0 Å². The zero-order valence-corrected chi connectivity index (χ0v) is 18.8. The number of benzene rings is 2. The second kappa shape index (κ2) is 9.24. The van der Waals surface area contributed by atoms with Crippen LogP contribution < -0.4 is 5.32 Å². The molecule has 11 heteroatoms. The molecule has 0 saturated carbocycles. The maximum Gasteiger partial charge on any atom is 0.416 e. The Hall–Kier alpha value is -2.37. The first kappa shape index (κ1) is 24.3. The summed E-state index contributed by atoms with van der Waals surface area (Å²) in [6.07, 6.45) is -5.21. The lowest BCUT2D eigenvalue weighted by Crippen LogP contribution is -2.55. The Kier molecular flexibility index (Phi) is 7.01. The van der Waals surface area contributed by atoms with Crippen LogP contribution >= 0.6 is 24.0 Å². The fraction of sp³-hybridized carbons (Fsp3) is 0.333. The van der Waals surface area contributed by atoms with Gasteiger partial charge in [-0.25, -0.2) is 9.18 Å². The third kappa shape index (κ3) is 5.33. The van der Waals surface area contributed by atoms with Crippen LogP contribution in [0, 0.1) is 5.82 Å². The number of hydrogen-bond donors (Lipinski definition) is 2. The van der Waals surface area contributed by atoms with E-state index < -0.39 is 28.7 Å². The number of halogens is 4. The number of carbonyl (C=O) groups excluding carboxylic acids is 1. The van der Waals surface area contributed by atoms with E-state index in [0.717, 1.165) is 18.2 Å². The van der Waals surface area contributed by atoms with Gasteiger partial charge in [0.15, 0.2) is 0 Å². The van der Waals surface area contributed by atoms with Gasteiger partial charge in [-0.2, -0.15) is 18.2 Å². The number of hydroxylamine groups is 2.